The van der Waals surface area contributed by atoms with Crippen molar-refractivity contribution in [3.05, 3.63) is 0 Å². The monoisotopic (exact) mass is 450 g/mol. The Morgan fingerprint density at radius 1 is 0.969 bits per heavy atom. The molecule has 4 N–H and O–H groups in total. The van der Waals surface area contributed by atoms with E-state index in [-0.39, 0.29) is 41.0 Å². The Bertz CT molecular complexity index is 696. The van der Waals surface area contributed by atoms with Gasteiger partial charge < -0.3 is 20.4 Å². The van der Waals surface area contributed by atoms with Gasteiger partial charge in [0.05, 0.1) is 24.2 Å². The molecule has 0 aromatic heterocycles. The summed E-state index contributed by atoms with van der Waals surface area (Å²) in [6, 6.07) is 0. The van der Waals surface area contributed by atoms with Crippen LogP contribution in [0.5, 0.6) is 0 Å². The zero-order chi connectivity index (χ0) is 23.4. The van der Waals surface area contributed by atoms with E-state index in [1.165, 1.54) is 0 Å². The Hall–Kier alpha value is -0.650. The number of carboxylic acid groups (broad SMARTS) is 1. The van der Waals surface area contributed by atoms with Gasteiger partial charge in [0.15, 0.2) is 0 Å². The second kappa shape index (κ2) is 8.85. The van der Waals surface area contributed by atoms with Crippen LogP contribution in [0.1, 0.15) is 91.9 Å². The van der Waals surface area contributed by atoms with Crippen LogP contribution in [0, 0.1) is 52.3 Å². The number of fused-ring (bicyclic) bond motifs is 5. The van der Waals surface area contributed by atoms with Crippen LogP contribution in [0.25, 0.3) is 0 Å². The molecular weight excluding hydrogens is 404 g/mol. The van der Waals surface area contributed by atoms with Gasteiger partial charge in [-0.3, -0.25) is 4.79 Å². The first kappa shape index (κ1) is 24.5. The van der Waals surface area contributed by atoms with E-state index < -0.39 is 5.97 Å². The number of hydrogen-bond donors (Lipinski definition) is 4. The van der Waals surface area contributed by atoms with Gasteiger partial charge in [-0.25, -0.2) is 0 Å². The Morgan fingerprint density at radius 3 is 2.38 bits per heavy atom. The summed E-state index contributed by atoms with van der Waals surface area (Å²) in [4.78, 5) is 11.2. The molecular formula is C27H46O5. The molecule has 4 aliphatic carbocycles. The molecule has 0 spiro atoms. The summed E-state index contributed by atoms with van der Waals surface area (Å²) in [6.07, 6.45) is 8.11. The van der Waals surface area contributed by atoms with Gasteiger partial charge in [0.2, 0.25) is 0 Å². The number of rotatable bonds is 6. The molecule has 0 aromatic carbocycles. The Morgan fingerprint density at radius 2 is 1.69 bits per heavy atom. The lowest BCUT2D eigenvalue weighted by atomic mass is 9.43. The van der Waals surface area contributed by atoms with Gasteiger partial charge in [0.1, 0.15) is 0 Å². The van der Waals surface area contributed by atoms with Gasteiger partial charge >= 0.3 is 5.97 Å². The van der Waals surface area contributed by atoms with E-state index in [1.54, 1.807) is 6.92 Å². The normalized spacial score (nSPS) is 50.1. The van der Waals surface area contributed by atoms with Crippen LogP contribution in [0.15, 0.2) is 0 Å². The summed E-state index contributed by atoms with van der Waals surface area (Å²) in [6.45, 7) is 8.74. The highest BCUT2D eigenvalue weighted by molar-refractivity contribution is 5.69. The number of hydrogen-bond acceptors (Lipinski definition) is 4. The number of carboxylic acids is 1. The molecule has 4 fully saturated rings. The molecule has 5 nitrogen and oxygen atoms in total. The SMILES string of the molecule is CC(CCCC(C)C1CCC2C3C(O)CC4C[C@H](O)CCC4(C)C3C[C@H](O)C12C)C(=O)O. The molecule has 0 aliphatic heterocycles. The molecule has 4 saturated carbocycles. The number of aliphatic carboxylic acids is 1. The average molecular weight is 451 g/mol. The highest BCUT2D eigenvalue weighted by Crippen LogP contribution is 2.68. The highest BCUT2D eigenvalue weighted by Gasteiger charge is 2.65. The standard InChI is InChI=1S/C27H46O5/c1-15(6-5-7-16(2)25(31)32)19-8-9-20-24-21(14-23(30)27(19,20)4)26(3)11-10-18(28)12-17(26)13-22(24)29/h15-24,28-30H,5-14H2,1-4H3,(H,31,32)/t15?,16?,17?,18-,19?,20?,21?,22?,23+,24?,26?,27?/m1/s1. The second-order valence-corrected chi connectivity index (χ2v) is 12.7. The first-order valence-corrected chi connectivity index (χ1v) is 13.3. The minimum atomic E-state index is -0.715. The van der Waals surface area contributed by atoms with E-state index in [1.807, 2.05) is 0 Å². The molecule has 5 heteroatoms. The van der Waals surface area contributed by atoms with Gasteiger partial charge in [0, 0.05) is 0 Å². The third-order valence-corrected chi connectivity index (χ3v) is 11.2. The predicted molar refractivity (Wildman–Crippen MR) is 124 cm³/mol. The highest BCUT2D eigenvalue weighted by atomic mass is 16.4. The topological polar surface area (TPSA) is 98.0 Å². The summed E-state index contributed by atoms with van der Waals surface area (Å²) in [5, 5.41) is 42.4. The van der Waals surface area contributed by atoms with Crippen molar-refractivity contribution in [3.63, 3.8) is 0 Å². The van der Waals surface area contributed by atoms with Crippen LogP contribution in [0.2, 0.25) is 0 Å². The fourth-order valence-corrected chi connectivity index (χ4v) is 9.20. The molecule has 10 unspecified atom stereocenters. The first-order chi connectivity index (χ1) is 15.0. The molecule has 12 atom stereocenters. The Kier molecular flexibility index (Phi) is 6.77. The quantitative estimate of drug-likeness (QED) is 0.478. The second-order valence-electron chi connectivity index (χ2n) is 12.7. The van der Waals surface area contributed by atoms with Crippen molar-refractivity contribution >= 4 is 5.97 Å². The summed E-state index contributed by atoms with van der Waals surface area (Å²) in [5.41, 5.74) is -0.0561. The van der Waals surface area contributed by atoms with Crippen LogP contribution in [0.4, 0.5) is 0 Å². The van der Waals surface area contributed by atoms with Crippen molar-refractivity contribution in [2.24, 2.45) is 52.3 Å². The zero-order valence-corrected chi connectivity index (χ0v) is 20.5. The molecule has 0 aromatic rings. The van der Waals surface area contributed by atoms with E-state index in [2.05, 4.69) is 20.8 Å². The molecule has 32 heavy (non-hydrogen) atoms. The van der Waals surface area contributed by atoms with Gasteiger partial charge in [-0.2, -0.15) is 0 Å². The number of carbonyl (C=O) groups is 1. The molecule has 0 heterocycles. The number of aliphatic hydroxyl groups is 3. The van der Waals surface area contributed by atoms with Gasteiger partial charge in [-0.1, -0.05) is 40.5 Å². The van der Waals surface area contributed by atoms with Crippen LogP contribution >= 0.6 is 0 Å². The van der Waals surface area contributed by atoms with Crippen molar-refractivity contribution in [1.29, 1.82) is 0 Å². The lowest BCUT2D eigenvalue weighted by Crippen LogP contribution is -2.62. The van der Waals surface area contributed by atoms with E-state index in [9.17, 15) is 25.2 Å². The van der Waals surface area contributed by atoms with Crippen molar-refractivity contribution in [1.82, 2.24) is 0 Å². The fraction of sp³-hybridized carbons (Fsp3) is 0.963. The van der Waals surface area contributed by atoms with Gasteiger partial charge in [-0.15, -0.1) is 0 Å². The lowest BCUT2D eigenvalue weighted by molar-refractivity contribution is -0.207. The molecule has 4 rings (SSSR count). The third-order valence-electron chi connectivity index (χ3n) is 11.2. The van der Waals surface area contributed by atoms with Gasteiger partial charge in [-0.05, 0) is 97.7 Å². The summed E-state index contributed by atoms with van der Waals surface area (Å²) in [7, 11) is 0. The smallest absolute Gasteiger partial charge is 0.306 e. The minimum absolute atomic E-state index is 0.113. The van der Waals surface area contributed by atoms with Crippen molar-refractivity contribution in [2.45, 2.75) is 110 Å². The largest absolute Gasteiger partial charge is 0.481 e. The minimum Gasteiger partial charge on any atom is -0.481 e. The van der Waals surface area contributed by atoms with E-state index in [0.29, 0.717) is 36.0 Å². The molecule has 0 saturated heterocycles. The Balaban J connectivity index is 1.51. The maximum Gasteiger partial charge on any atom is 0.306 e. The van der Waals surface area contributed by atoms with Crippen LogP contribution in [-0.4, -0.2) is 44.7 Å². The van der Waals surface area contributed by atoms with Crippen LogP contribution < -0.4 is 0 Å². The molecule has 0 radical (unpaired) electrons. The van der Waals surface area contributed by atoms with Gasteiger partial charge in [0.25, 0.3) is 0 Å². The summed E-state index contributed by atoms with van der Waals surface area (Å²) < 4.78 is 0. The molecule has 184 valence electrons. The zero-order valence-electron chi connectivity index (χ0n) is 20.5. The molecule has 4 aliphatic rings. The lowest BCUT2D eigenvalue weighted by Gasteiger charge is -2.63. The summed E-state index contributed by atoms with van der Waals surface area (Å²) in [5.74, 6) is 1.16. The van der Waals surface area contributed by atoms with E-state index in [4.69, 9.17) is 0 Å². The van der Waals surface area contributed by atoms with E-state index in [0.717, 1.165) is 57.8 Å². The molecule has 0 bridgehead atoms. The van der Waals surface area contributed by atoms with Crippen LogP contribution in [0.3, 0.4) is 0 Å². The van der Waals surface area contributed by atoms with Crippen LogP contribution in [-0.2, 0) is 4.79 Å². The maximum atomic E-state index is 11.6. The molecule has 0 amide bonds. The van der Waals surface area contributed by atoms with Crippen molar-refractivity contribution in [2.75, 3.05) is 0 Å². The van der Waals surface area contributed by atoms with Crippen molar-refractivity contribution < 1.29 is 25.2 Å². The first-order valence-electron chi connectivity index (χ1n) is 13.3. The fourth-order valence-electron chi connectivity index (χ4n) is 9.20. The van der Waals surface area contributed by atoms with E-state index >= 15 is 0 Å². The maximum absolute atomic E-state index is 11.6. The average Bonchev–Trinajstić information content (AvgIpc) is 3.08. The van der Waals surface area contributed by atoms with Crippen molar-refractivity contribution in [3.8, 4) is 0 Å². The third kappa shape index (κ3) is 3.84. The summed E-state index contributed by atoms with van der Waals surface area (Å²) >= 11 is 0. The predicted octanol–water partition coefficient (Wildman–Crippen LogP) is 4.47. The Labute approximate surface area is 194 Å². The number of aliphatic hydroxyl groups excluding tert-OH is 3.